The Labute approximate surface area is 214 Å². The number of hydrazone groups is 1. The standard InChI is InChI=1S/C29H27N3O5/c1-2-35-27-16-21(12-15-26(27)37-19-28(33)31-24-10-4-3-5-11-24)18-30-32-29(34)20-36-25-14-13-22-8-6-7-9-23(22)17-25/h3-18H,2,19-20H2,1H3,(H,31,33)(H,32,34)/b30-18+. The minimum absolute atomic E-state index is 0.169. The van der Waals surface area contributed by atoms with Crippen LogP contribution in [0.1, 0.15) is 12.5 Å². The Hall–Kier alpha value is -4.85. The number of hydrogen-bond donors (Lipinski definition) is 2. The van der Waals surface area contributed by atoms with Gasteiger partial charge >= 0.3 is 0 Å². The third kappa shape index (κ3) is 7.57. The van der Waals surface area contributed by atoms with Crippen LogP contribution in [0.15, 0.2) is 96.1 Å². The largest absolute Gasteiger partial charge is 0.490 e. The first-order chi connectivity index (χ1) is 18.1. The number of ether oxygens (including phenoxy) is 3. The van der Waals surface area contributed by atoms with Gasteiger partial charge in [-0.05, 0) is 65.7 Å². The first kappa shape index (κ1) is 25.2. The quantitative estimate of drug-likeness (QED) is 0.229. The molecule has 0 bridgehead atoms. The molecule has 37 heavy (non-hydrogen) atoms. The van der Waals surface area contributed by atoms with Crippen molar-refractivity contribution in [3.8, 4) is 17.2 Å². The average molecular weight is 498 g/mol. The lowest BCUT2D eigenvalue weighted by Gasteiger charge is -2.12. The number of carbonyl (C=O) groups excluding carboxylic acids is 2. The van der Waals surface area contributed by atoms with Crippen LogP contribution in [0.5, 0.6) is 17.2 Å². The van der Waals surface area contributed by atoms with Crippen LogP contribution in [-0.4, -0.2) is 37.8 Å². The molecule has 8 heteroatoms. The zero-order valence-corrected chi connectivity index (χ0v) is 20.3. The predicted molar refractivity (Wildman–Crippen MR) is 143 cm³/mol. The second kappa shape index (κ2) is 12.7. The number of anilines is 1. The molecular formula is C29H27N3O5. The fourth-order valence-electron chi connectivity index (χ4n) is 3.47. The molecule has 0 aliphatic rings. The van der Waals surface area contributed by atoms with E-state index in [-0.39, 0.29) is 25.0 Å². The summed E-state index contributed by atoms with van der Waals surface area (Å²) in [6.45, 7) is 1.92. The van der Waals surface area contributed by atoms with Crippen molar-refractivity contribution in [3.05, 3.63) is 96.6 Å². The summed E-state index contributed by atoms with van der Waals surface area (Å²) in [5.41, 5.74) is 3.82. The molecule has 188 valence electrons. The van der Waals surface area contributed by atoms with E-state index in [1.165, 1.54) is 6.21 Å². The number of nitrogens with zero attached hydrogens (tertiary/aromatic N) is 1. The smallest absolute Gasteiger partial charge is 0.277 e. The van der Waals surface area contributed by atoms with Crippen LogP contribution < -0.4 is 25.0 Å². The van der Waals surface area contributed by atoms with E-state index in [2.05, 4.69) is 15.8 Å². The SMILES string of the molecule is CCOc1cc(/C=N/NC(=O)COc2ccc3ccccc3c2)ccc1OCC(=O)Nc1ccccc1. The Bertz CT molecular complexity index is 1390. The van der Waals surface area contributed by atoms with Crippen LogP contribution in [0, 0.1) is 0 Å². The summed E-state index contributed by atoms with van der Waals surface area (Å²) >= 11 is 0. The topological polar surface area (TPSA) is 98.2 Å². The van der Waals surface area contributed by atoms with E-state index in [1.807, 2.05) is 67.6 Å². The van der Waals surface area contributed by atoms with Gasteiger partial charge in [-0.3, -0.25) is 9.59 Å². The Morgan fingerprint density at radius 1 is 0.757 bits per heavy atom. The van der Waals surface area contributed by atoms with Crippen molar-refractivity contribution in [2.45, 2.75) is 6.92 Å². The molecule has 2 amide bonds. The van der Waals surface area contributed by atoms with Gasteiger partial charge in [0.1, 0.15) is 5.75 Å². The zero-order chi connectivity index (χ0) is 25.9. The van der Waals surface area contributed by atoms with Gasteiger partial charge in [0, 0.05) is 5.69 Å². The summed E-state index contributed by atoms with van der Waals surface area (Å²) in [5.74, 6) is 0.818. The van der Waals surface area contributed by atoms with Crippen LogP contribution in [0.3, 0.4) is 0 Å². The number of amides is 2. The van der Waals surface area contributed by atoms with Crippen molar-refractivity contribution >= 4 is 34.5 Å². The monoisotopic (exact) mass is 497 g/mol. The molecule has 0 atom stereocenters. The van der Waals surface area contributed by atoms with Gasteiger partial charge in [0.25, 0.3) is 11.8 Å². The lowest BCUT2D eigenvalue weighted by Crippen LogP contribution is -2.24. The molecule has 0 spiro atoms. The minimum atomic E-state index is -0.390. The number of fused-ring (bicyclic) bond motifs is 1. The molecule has 4 aromatic carbocycles. The van der Waals surface area contributed by atoms with E-state index in [0.29, 0.717) is 35.1 Å². The maximum atomic E-state index is 12.2. The number of para-hydroxylation sites is 1. The number of carbonyl (C=O) groups is 2. The number of hydrogen-bond acceptors (Lipinski definition) is 6. The molecule has 0 saturated carbocycles. The summed E-state index contributed by atoms with van der Waals surface area (Å²) in [5, 5.41) is 8.89. The maximum absolute atomic E-state index is 12.2. The van der Waals surface area contributed by atoms with Crippen molar-refractivity contribution in [1.29, 1.82) is 0 Å². The van der Waals surface area contributed by atoms with Crippen molar-refractivity contribution < 1.29 is 23.8 Å². The predicted octanol–water partition coefficient (Wildman–Crippen LogP) is 4.79. The fourth-order valence-corrected chi connectivity index (χ4v) is 3.47. The van der Waals surface area contributed by atoms with Gasteiger partial charge in [-0.2, -0.15) is 5.10 Å². The molecule has 0 radical (unpaired) electrons. The molecule has 4 aromatic rings. The number of benzene rings is 4. The lowest BCUT2D eigenvalue weighted by atomic mass is 10.1. The highest BCUT2D eigenvalue weighted by Crippen LogP contribution is 2.28. The molecule has 0 aromatic heterocycles. The van der Waals surface area contributed by atoms with Gasteiger partial charge in [0.05, 0.1) is 12.8 Å². The van der Waals surface area contributed by atoms with Crippen LogP contribution >= 0.6 is 0 Å². The third-order valence-electron chi connectivity index (χ3n) is 5.18. The van der Waals surface area contributed by atoms with Gasteiger partial charge in [0.15, 0.2) is 24.7 Å². The van der Waals surface area contributed by atoms with Crippen LogP contribution in [0.25, 0.3) is 10.8 Å². The van der Waals surface area contributed by atoms with Crippen LogP contribution in [0.2, 0.25) is 0 Å². The molecule has 0 aliphatic carbocycles. The van der Waals surface area contributed by atoms with Crippen LogP contribution in [0.4, 0.5) is 5.69 Å². The fraction of sp³-hybridized carbons (Fsp3) is 0.138. The van der Waals surface area contributed by atoms with Crippen molar-refractivity contribution in [3.63, 3.8) is 0 Å². The van der Waals surface area contributed by atoms with E-state index in [0.717, 1.165) is 10.8 Å². The highest BCUT2D eigenvalue weighted by atomic mass is 16.5. The van der Waals surface area contributed by atoms with Crippen molar-refractivity contribution in [2.75, 3.05) is 25.1 Å². The summed E-state index contributed by atoms with van der Waals surface area (Å²) in [4.78, 5) is 24.3. The van der Waals surface area contributed by atoms with E-state index in [4.69, 9.17) is 14.2 Å². The molecule has 0 aliphatic heterocycles. The maximum Gasteiger partial charge on any atom is 0.277 e. The van der Waals surface area contributed by atoms with Crippen LogP contribution in [-0.2, 0) is 9.59 Å². The van der Waals surface area contributed by atoms with E-state index < -0.39 is 0 Å². The Balaban J connectivity index is 1.28. The highest BCUT2D eigenvalue weighted by Gasteiger charge is 2.10. The van der Waals surface area contributed by atoms with E-state index in [1.54, 1.807) is 30.3 Å². The molecule has 8 nitrogen and oxygen atoms in total. The molecule has 0 fully saturated rings. The molecule has 4 rings (SSSR count). The summed E-state index contributed by atoms with van der Waals surface area (Å²) in [7, 11) is 0. The summed E-state index contributed by atoms with van der Waals surface area (Å²) < 4.78 is 16.9. The Morgan fingerprint density at radius 3 is 2.32 bits per heavy atom. The van der Waals surface area contributed by atoms with Crippen molar-refractivity contribution in [2.24, 2.45) is 5.10 Å². The second-order valence-corrected chi connectivity index (χ2v) is 7.93. The van der Waals surface area contributed by atoms with Gasteiger partial charge in [-0.15, -0.1) is 0 Å². The Morgan fingerprint density at radius 2 is 1.51 bits per heavy atom. The first-order valence-corrected chi connectivity index (χ1v) is 11.8. The zero-order valence-electron chi connectivity index (χ0n) is 20.3. The lowest BCUT2D eigenvalue weighted by molar-refractivity contribution is -0.123. The average Bonchev–Trinajstić information content (AvgIpc) is 2.92. The number of nitrogens with one attached hydrogen (secondary N) is 2. The highest BCUT2D eigenvalue weighted by molar-refractivity contribution is 5.92. The minimum Gasteiger partial charge on any atom is -0.490 e. The molecule has 0 heterocycles. The third-order valence-corrected chi connectivity index (χ3v) is 5.18. The van der Waals surface area contributed by atoms with Crippen molar-refractivity contribution in [1.82, 2.24) is 5.43 Å². The summed E-state index contributed by atoms with van der Waals surface area (Å²) in [6.07, 6.45) is 1.49. The van der Waals surface area contributed by atoms with Gasteiger partial charge in [-0.25, -0.2) is 5.43 Å². The number of rotatable bonds is 11. The van der Waals surface area contributed by atoms with Gasteiger partial charge < -0.3 is 19.5 Å². The normalized spacial score (nSPS) is 10.7. The van der Waals surface area contributed by atoms with E-state index in [9.17, 15) is 9.59 Å². The van der Waals surface area contributed by atoms with Gasteiger partial charge in [-0.1, -0.05) is 48.5 Å². The molecule has 0 saturated heterocycles. The molecular weight excluding hydrogens is 470 g/mol. The van der Waals surface area contributed by atoms with Gasteiger partial charge in [0.2, 0.25) is 0 Å². The first-order valence-electron chi connectivity index (χ1n) is 11.8. The van der Waals surface area contributed by atoms with E-state index >= 15 is 0 Å². The second-order valence-electron chi connectivity index (χ2n) is 7.93. The Kier molecular flexibility index (Phi) is 8.69. The molecule has 2 N–H and O–H groups in total. The summed E-state index contributed by atoms with van der Waals surface area (Å²) in [6, 6.07) is 27.9. The molecule has 0 unspecified atom stereocenters.